The third-order valence-electron chi connectivity index (χ3n) is 0.731. The van der Waals surface area contributed by atoms with E-state index in [1.54, 1.807) is 6.92 Å². The second kappa shape index (κ2) is 4.81. The van der Waals surface area contributed by atoms with Crippen LogP contribution in [0.1, 0.15) is 6.92 Å². The van der Waals surface area contributed by atoms with Crippen LogP contribution in [0.4, 0.5) is 0 Å². The summed E-state index contributed by atoms with van der Waals surface area (Å²) in [5.74, 6) is -0.692. The van der Waals surface area contributed by atoms with Gasteiger partial charge in [-0.15, -0.1) is 0 Å². The van der Waals surface area contributed by atoms with Gasteiger partial charge in [-0.2, -0.15) is 0 Å². The molecule has 0 aliphatic heterocycles. The van der Waals surface area contributed by atoms with Gasteiger partial charge in [0.15, 0.2) is 6.79 Å². The lowest BCUT2D eigenvalue weighted by Crippen LogP contribution is -1.97. The van der Waals surface area contributed by atoms with Crippen molar-refractivity contribution in [2.45, 2.75) is 6.92 Å². The minimum atomic E-state index is -1.02. The Labute approximate surface area is 59.1 Å². The highest BCUT2D eigenvalue weighted by Gasteiger charge is 1.92. The van der Waals surface area contributed by atoms with Gasteiger partial charge in [0.05, 0.1) is 6.08 Å². The van der Waals surface area contributed by atoms with Crippen molar-refractivity contribution in [2.24, 2.45) is 0 Å². The summed E-state index contributed by atoms with van der Waals surface area (Å²) in [6, 6.07) is 0. The molecule has 0 fully saturated rings. The van der Waals surface area contributed by atoms with Gasteiger partial charge in [0.2, 0.25) is 0 Å². The maximum atomic E-state index is 9.98. The van der Waals surface area contributed by atoms with Gasteiger partial charge in [0, 0.05) is 7.11 Å². The molecule has 0 aromatic rings. The number of rotatable bonds is 4. The van der Waals surface area contributed by atoms with Crippen molar-refractivity contribution >= 4 is 5.97 Å². The van der Waals surface area contributed by atoms with E-state index in [1.807, 2.05) is 0 Å². The molecule has 0 atom stereocenters. The van der Waals surface area contributed by atoms with Crippen molar-refractivity contribution in [3.05, 3.63) is 11.8 Å². The molecule has 4 heteroatoms. The van der Waals surface area contributed by atoms with Gasteiger partial charge in [-0.1, -0.05) is 0 Å². The highest BCUT2D eigenvalue weighted by Crippen LogP contribution is 1.93. The van der Waals surface area contributed by atoms with E-state index in [2.05, 4.69) is 4.74 Å². The molecule has 0 bridgehead atoms. The summed E-state index contributed by atoms with van der Waals surface area (Å²) in [6.45, 7) is 1.63. The molecule has 58 valence electrons. The molecule has 0 aromatic heterocycles. The van der Waals surface area contributed by atoms with Crippen molar-refractivity contribution in [3.8, 4) is 0 Å². The normalized spacial score (nSPS) is 11.2. The lowest BCUT2D eigenvalue weighted by molar-refractivity contribution is -0.131. The van der Waals surface area contributed by atoms with E-state index >= 15 is 0 Å². The lowest BCUT2D eigenvalue weighted by atomic mass is 10.5. The summed E-state index contributed by atoms with van der Waals surface area (Å²) in [7, 11) is 1.47. The zero-order valence-corrected chi connectivity index (χ0v) is 5.96. The molecule has 0 spiro atoms. The highest BCUT2D eigenvalue weighted by atomic mass is 16.7. The minimum absolute atomic E-state index is 0.0790. The van der Waals surface area contributed by atoms with Crippen LogP contribution in [0.3, 0.4) is 0 Å². The number of hydrogen-bond acceptors (Lipinski definition) is 3. The number of methoxy groups -OCH3 is 1. The Morgan fingerprint density at radius 3 is 2.70 bits per heavy atom. The number of ether oxygens (including phenoxy) is 2. The van der Waals surface area contributed by atoms with Crippen molar-refractivity contribution in [1.82, 2.24) is 0 Å². The van der Waals surface area contributed by atoms with Crippen molar-refractivity contribution in [3.63, 3.8) is 0 Å². The van der Waals surface area contributed by atoms with Crippen LogP contribution in [0, 0.1) is 0 Å². The smallest absolute Gasteiger partial charge is 0.331 e. The maximum Gasteiger partial charge on any atom is 0.331 e. The summed E-state index contributed by atoms with van der Waals surface area (Å²) >= 11 is 0. The van der Waals surface area contributed by atoms with Gasteiger partial charge in [-0.25, -0.2) is 4.79 Å². The van der Waals surface area contributed by atoms with Gasteiger partial charge >= 0.3 is 5.97 Å². The number of carboxylic acids is 1. The zero-order valence-electron chi connectivity index (χ0n) is 5.96. The minimum Gasteiger partial charge on any atom is -0.478 e. The van der Waals surface area contributed by atoms with Crippen molar-refractivity contribution < 1.29 is 19.4 Å². The van der Waals surface area contributed by atoms with Crippen molar-refractivity contribution in [1.29, 1.82) is 0 Å². The first-order valence-electron chi connectivity index (χ1n) is 2.69. The van der Waals surface area contributed by atoms with E-state index in [-0.39, 0.29) is 6.79 Å². The third-order valence-corrected chi connectivity index (χ3v) is 0.731. The topological polar surface area (TPSA) is 55.8 Å². The standard InChI is InChI=1S/C6H10O4/c1-5(3-6(7)8)10-4-9-2/h3H,4H2,1-2H3,(H,7,8). The van der Waals surface area contributed by atoms with E-state index in [9.17, 15) is 4.79 Å². The molecule has 0 heterocycles. The predicted molar refractivity (Wildman–Crippen MR) is 34.4 cm³/mol. The molecule has 4 nitrogen and oxygen atoms in total. The maximum absolute atomic E-state index is 9.98. The average molecular weight is 146 g/mol. The van der Waals surface area contributed by atoms with Gasteiger partial charge in [-0.05, 0) is 6.92 Å². The molecule has 1 N–H and O–H groups in total. The lowest BCUT2D eigenvalue weighted by Gasteiger charge is -2.01. The summed E-state index contributed by atoms with van der Waals surface area (Å²) < 4.78 is 9.30. The number of carboxylic acid groups (broad SMARTS) is 1. The van der Waals surface area contributed by atoms with E-state index in [4.69, 9.17) is 9.84 Å². The number of carbonyl (C=O) groups is 1. The second-order valence-electron chi connectivity index (χ2n) is 1.64. The Bertz CT molecular complexity index is 139. The molecule has 0 unspecified atom stereocenters. The Morgan fingerprint density at radius 2 is 2.30 bits per heavy atom. The van der Waals surface area contributed by atoms with Crippen LogP contribution in [-0.2, 0) is 14.3 Å². The largest absolute Gasteiger partial charge is 0.478 e. The van der Waals surface area contributed by atoms with Gasteiger partial charge in [0.1, 0.15) is 5.76 Å². The van der Waals surface area contributed by atoms with E-state index in [1.165, 1.54) is 7.11 Å². The summed E-state index contributed by atoms with van der Waals surface area (Å²) in [6.07, 6.45) is 0.971. The molecular weight excluding hydrogens is 136 g/mol. The fraction of sp³-hybridized carbons (Fsp3) is 0.500. The Morgan fingerprint density at radius 1 is 1.70 bits per heavy atom. The zero-order chi connectivity index (χ0) is 7.98. The van der Waals surface area contributed by atoms with Gasteiger partial charge in [0.25, 0.3) is 0 Å². The summed E-state index contributed by atoms with van der Waals surface area (Å²) in [5.41, 5.74) is 0. The summed E-state index contributed by atoms with van der Waals surface area (Å²) in [4.78, 5) is 9.98. The fourth-order valence-corrected chi connectivity index (χ4v) is 0.367. The molecule has 0 saturated carbocycles. The molecule has 0 aromatic carbocycles. The molecule has 0 aliphatic rings. The van der Waals surface area contributed by atoms with Crippen molar-refractivity contribution in [2.75, 3.05) is 13.9 Å². The van der Waals surface area contributed by atoms with Crippen LogP contribution in [-0.4, -0.2) is 25.0 Å². The van der Waals surface area contributed by atoms with E-state index in [0.717, 1.165) is 6.08 Å². The van der Waals surface area contributed by atoms with Gasteiger partial charge in [-0.3, -0.25) is 0 Å². The van der Waals surface area contributed by atoms with Crippen LogP contribution in [0.5, 0.6) is 0 Å². The first-order valence-corrected chi connectivity index (χ1v) is 2.69. The number of hydrogen-bond donors (Lipinski definition) is 1. The average Bonchev–Trinajstić information content (AvgIpc) is 1.82. The number of allylic oxidation sites excluding steroid dienone is 1. The van der Waals surface area contributed by atoms with Crippen LogP contribution in [0.25, 0.3) is 0 Å². The summed E-state index contributed by atoms with van der Waals surface area (Å²) in [5, 5.41) is 8.19. The molecule has 0 saturated heterocycles. The van der Waals surface area contributed by atoms with Crippen LogP contribution in [0.2, 0.25) is 0 Å². The quantitative estimate of drug-likeness (QED) is 0.358. The SMILES string of the molecule is COCOC(C)=CC(=O)O. The molecule has 0 rings (SSSR count). The van der Waals surface area contributed by atoms with Gasteiger partial charge < -0.3 is 14.6 Å². The second-order valence-corrected chi connectivity index (χ2v) is 1.64. The van der Waals surface area contributed by atoms with Crippen LogP contribution >= 0.6 is 0 Å². The Hall–Kier alpha value is -1.03. The molecule has 10 heavy (non-hydrogen) atoms. The Balaban J connectivity index is 3.60. The van der Waals surface area contributed by atoms with E-state index < -0.39 is 5.97 Å². The van der Waals surface area contributed by atoms with E-state index in [0.29, 0.717) is 5.76 Å². The molecule has 0 amide bonds. The number of aliphatic carboxylic acids is 1. The first-order chi connectivity index (χ1) is 4.66. The third kappa shape index (κ3) is 5.11. The molecular formula is C6H10O4. The monoisotopic (exact) mass is 146 g/mol. The van der Waals surface area contributed by atoms with Crippen LogP contribution < -0.4 is 0 Å². The highest BCUT2D eigenvalue weighted by molar-refractivity contribution is 5.80. The van der Waals surface area contributed by atoms with Crippen LogP contribution in [0.15, 0.2) is 11.8 Å². The Kier molecular flexibility index (Phi) is 4.32. The molecule has 0 aliphatic carbocycles. The molecule has 0 radical (unpaired) electrons. The fourth-order valence-electron chi connectivity index (χ4n) is 0.367. The first kappa shape index (κ1) is 8.97. The predicted octanol–water partition coefficient (Wildman–Crippen LogP) is 0.595.